The van der Waals surface area contributed by atoms with E-state index in [1.54, 1.807) is 0 Å². The molecule has 1 fully saturated rings. The summed E-state index contributed by atoms with van der Waals surface area (Å²) in [5.74, 6) is 0.730. The zero-order valence-corrected chi connectivity index (χ0v) is 16.7. The molecule has 0 aliphatic carbocycles. The normalized spacial score (nSPS) is 15.2. The fourth-order valence-electron chi connectivity index (χ4n) is 3.47. The van der Waals surface area contributed by atoms with Crippen LogP contribution in [0.15, 0.2) is 40.8 Å². The summed E-state index contributed by atoms with van der Waals surface area (Å²) in [5.41, 5.74) is 6.15. The van der Waals surface area contributed by atoms with E-state index in [1.165, 1.54) is 16.7 Å². The van der Waals surface area contributed by atoms with Crippen LogP contribution in [-0.2, 0) is 6.54 Å². The first kappa shape index (κ1) is 18.5. The highest BCUT2D eigenvalue weighted by Gasteiger charge is 2.22. The minimum absolute atomic E-state index is 0.0414. The Hall–Kier alpha value is -2.86. The molecule has 1 aliphatic rings. The number of aryl methyl sites for hydroxylation is 3. The molecule has 2 aromatic carbocycles. The largest absolute Gasteiger partial charge is 0.439 e. The van der Waals surface area contributed by atoms with E-state index < -0.39 is 0 Å². The van der Waals surface area contributed by atoms with Crippen LogP contribution in [0.5, 0.6) is 0 Å². The Morgan fingerprint density at radius 3 is 2.57 bits per heavy atom. The number of nitrogens with zero attached hydrogens (tertiary/aromatic N) is 3. The maximum atomic E-state index is 12.5. The van der Waals surface area contributed by atoms with Crippen LogP contribution in [0.1, 0.15) is 22.6 Å². The molecule has 1 N–H and O–H groups in total. The second-order valence-electron chi connectivity index (χ2n) is 7.57. The van der Waals surface area contributed by atoms with Gasteiger partial charge in [0.25, 0.3) is 0 Å². The molecule has 3 aromatic rings. The van der Waals surface area contributed by atoms with E-state index >= 15 is 0 Å². The predicted octanol–water partition coefficient (Wildman–Crippen LogP) is 4.10. The molecule has 0 spiro atoms. The van der Waals surface area contributed by atoms with Crippen molar-refractivity contribution in [2.24, 2.45) is 0 Å². The smallest absolute Gasteiger partial charge is 0.321 e. The third-order valence-corrected chi connectivity index (χ3v) is 5.36. The van der Waals surface area contributed by atoms with E-state index in [1.807, 2.05) is 41.3 Å². The van der Waals surface area contributed by atoms with Crippen LogP contribution in [0.3, 0.4) is 0 Å². The molecule has 2 heterocycles. The van der Waals surface area contributed by atoms with Crippen LogP contribution in [-0.4, -0.2) is 47.0 Å². The van der Waals surface area contributed by atoms with Crippen molar-refractivity contribution < 1.29 is 9.21 Å². The number of urea groups is 1. The summed E-state index contributed by atoms with van der Waals surface area (Å²) in [7, 11) is 0. The van der Waals surface area contributed by atoms with Gasteiger partial charge in [0.15, 0.2) is 5.58 Å². The summed E-state index contributed by atoms with van der Waals surface area (Å²) < 4.78 is 5.85. The highest BCUT2D eigenvalue weighted by Crippen LogP contribution is 2.19. The Bertz CT molecular complexity index is 1000. The Kier molecular flexibility index (Phi) is 5.05. The van der Waals surface area contributed by atoms with Gasteiger partial charge in [0.05, 0.1) is 6.54 Å². The number of carbonyl (C=O) groups excluding carboxylic acids is 1. The van der Waals surface area contributed by atoms with Crippen molar-refractivity contribution in [3.63, 3.8) is 0 Å². The number of hydrogen-bond acceptors (Lipinski definition) is 4. The van der Waals surface area contributed by atoms with Crippen molar-refractivity contribution in [2.75, 3.05) is 31.5 Å². The molecule has 2 amide bonds. The van der Waals surface area contributed by atoms with E-state index in [-0.39, 0.29) is 6.03 Å². The van der Waals surface area contributed by atoms with Crippen molar-refractivity contribution in [1.82, 2.24) is 14.8 Å². The number of anilines is 1. The third-order valence-electron chi connectivity index (χ3n) is 5.36. The van der Waals surface area contributed by atoms with Gasteiger partial charge >= 0.3 is 6.03 Å². The minimum Gasteiger partial charge on any atom is -0.439 e. The number of rotatable bonds is 3. The van der Waals surface area contributed by atoms with E-state index in [4.69, 9.17) is 4.42 Å². The summed E-state index contributed by atoms with van der Waals surface area (Å²) in [6.45, 7) is 9.83. The van der Waals surface area contributed by atoms with Gasteiger partial charge in [-0.25, -0.2) is 9.78 Å². The maximum Gasteiger partial charge on any atom is 0.321 e. The lowest BCUT2D eigenvalue weighted by molar-refractivity contribution is 0.136. The summed E-state index contributed by atoms with van der Waals surface area (Å²) in [5, 5.41) is 3.00. The summed E-state index contributed by atoms with van der Waals surface area (Å²) in [6.07, 6.45) is 0. The number of carbonyl (C=O) groups is 1. The topological polar surface area (TPSA) is 61.6 Å². The molecule has 0 saturated carbocycles. The first-order valence-electron chi connectivity index (χ1n) is 9.69. The van der Waals surface area contributed by atoms with Crippen LogP contribution < -0.4 is 5.32 Å². The number of amides is 2. The van der Waals surface area contributed by atoms with Gasteiger partial charge in [-0.15, -0.1) is 0 Å². The lowest BCUT2D eigenvalue weighted by Gasteiger charge is -2.34. The first-order valence-corrected chi connectivity index (χ1v) is 9.69. The second kappa shape index (κ2) is 7.64. The molecule has 0 atom stereocenters. The van der Waals surface area contributed by atoms with Crippen LogP contribution in [0.25, 0.3) is 11.1 Å². The number of hydrogen-bond donors (Lipinski definition) is 1. The number of aromatic nitrogens is 1. The third kappa shape index (κ3) is 4.02. The molecule has 0 bridgehead atoms. The number of benzene rings is 2. The lowest BCUT2D eigenvalue weighted by Crippen LogP contribution is -2.49. The van der Waals surface area contributed by atoms with Crippen LogP contribution in [0.2, 0.25) is 0 Å². The van der Waals surface area contributed by atoms with Gasteiger partial charge in [-0.2, -0.15) is 0 Å². The van der Waals surface area contributed by atoms with Gasteiger partial charge in [-0.1, -0.05) is 12.1 Å². The molecule has 6 nitrogen and oxygen atoms in total. The monoisotopic (exact) mass is 378 g/mol. The van der Waals surface area contributed by atoms with Gasteiger partial charge in [0.1, 0.15) is 5.52 Å². The average molecular weight is 378 g/mol. The molecular weight excluding hydrogens is 352 g/mol. The molecule has 0 radical (unpaired) electrons. The molecule has 1 saturated heterocycles. The molecular formula is C22H26N4O2. The predicted molar refractivity (Wildman–Crippen MR) is 111 cm³/mol. The second-order valence-corrected chi connectivity index (χ2v) is 7.57. The van der Waals surface area contributed by atoms with E-state index in [0.29, 0.717) is 19.6 Å². The Balaban J connectivity index is 1.32. The van der Waals surface area contributed by atoms with Gasteiger partial charge in [-0.3, -0.25) is 4.90 Å². The maximum absolute atomic E-state index is 12.5. The van der Waals surface area contributed by atoms with Crippen molar-refractivity contribution in [3.05, 3.63) is 59.0 Å². The van der Waals surface area contributed by atoms with Crippen molar-refractivity contribution in [2.45, 2.75) is 27.3 Å². The van der Waals surface area contributed by atoms with Gasteiger partial charge in [-0.05, 0) is 61.7 Å². The highest BCUT2D eigenvalue weighted by molar-refractivity contribution is 5.89. The zero-order chi connectivity index (χ0) is 19.7. The number of fused-ring (bicyclic) bond motifs is 1. The quantitative estimate of drug-likeness (QED) is 0.745. The molecule has 1 aromatic heterocycles. The van der Waals surface area contributed by atoms with E-state index in [2.05, 4.69) is 36.0 Å². The van der Waals surface area contributed by atoms with Crippen LogP contribution in [0, 0.1) is 20.8 Å². The summed E-state index contributed by atoms with van der Waals surface area (Å²) in [6, 6.07) is 12.0. The molecule has 146 valence electrons. The minimum atomic E-state index is -0.0414. The van der Waals surface area contributed by atoms with Gasteiger partial charge in [0, 0.05) is 31.9 Å². The highest BCUT2D eigenvalue weighted by atomic mass is 16.3. The fourth-order valence-corrected chi connectivity index (χ4v) is 3.47. The Morgan fingerprint density at radius 2 is 1.82 bits per heavy atom. The number of oxazole rings is 1. The van der Waals surface area contributed by atoms with E-state index in [9.17, 15) is 4.79 Å². The average Bonchev–Trinajstić information content (AvgIpc) is 3.06. The Morgan fingerprint density at radius 1 is 1.04 bits per heavy atom. The van der Waals surface area contributed by atoms with Gasteiger partial charge < -0.3 is 14.6 Å². The summed E-state index contributed by atoms with van der Waals surface area (Å²) in [4.78, 5) is 21.3. The molecule has 0 unspecified atom stereocenters. The Labute approximate surface area is 165 Å². The molecule has 4 rings (SSSR count). The molecule has 28 heavy (non-hydrogen) atoms. The SMILES string of the molecule is Cc1ccc2oc(CN3CCN(C(=O)Nc4ccc(C)c(C)c4)CC3)nc2c1. The summed E-state index contributed by atoms with van der Waals surface area (Å²) >= 11 is 0. The van der Waals surface area contributed by atoms with Gasteiger partial charge in [0.2, 0.25) is 5.89 Å². The number of piperazine rings is 1. The van der Waals surface area contributed by atoms with Crippen molar-refractivity contribution in [1.29, 1.82) is 0 Å². The number of nitrogens with one attached hydrogen (secondary N) is 1. The fraction of sp³-hybridized carbons (Fsp3) is 0.364. The van der Waals surface area contributed by atoms with Crippen molar-refractivity contribution in [3.8, 4) is 0 Å². The molecule has 1 aliphatic heterocycles. The zero-order valence-electron chi connectivity index (χ0n) is 16.7. The first-order chi connectivity index (χ1) is 13.5. The van der Waals surface area contributed by atoms with Crippen molar-refractivity contribution >= 4 is 22.8 Å². The van der Waals surface area contributed by atoms with Crippen LogP contribution >= 0.6 is 0 Å². The van der Waals surface area contributed by atoms with Crippen LogP contribution in [0.4, 0.5) is 10.5 Å². The lowest BCUT2D eigenvalue weighted by atomic mass is 10.1. The van der Waals surface area contributed by atoms with E-state index in [0.717, 1.165) is 35.8 Å². The standard InChI is InChI=1S/C22H26N4O2/c1-15-4-7-20-19(12-15)24-21(28-20)14-25-8-10-26(11-9-25)22(27)23-18-6-5-16(2)17(3)13-18/h4-7,12-13H,8-11,14H2,1-3H3,(H,23,27). The molecule has 6 heteroatoms.